The van der Waals surface area contributed by atoms with Gasteiger partial charge in [0.05, 0.1) is 5.92 Å². The van der Waals surface area contributed by atoms with Gasteiger partial charge in [0.2, 0.25) is 0 Å². The molecule has 1 unspecified atom stereocenters. The lowest BCUT2D eigenvalue weighted by atomic mass is 9.84. The summed E-state index contributed by atoms with van der Waals surface area (Å²) in [5.41, 5.74) is 0.105. The van der Waals surface area contributed by atoms with E-state index in [0.717, 1.165) is 0 Å². The van der Waals surface area contributed by atoms with Gasteiger partial charge < -0.3 is 14.9 Å². The maximum Gasteiger partial charge on any atom is 0.311 e. The molecule has 0 fully saturated rings. The number of carboxylic acid groups (broad SMARTS) is 1. The van der Waals surface area contributed by atoms with Crippen molar-refractivity contribution in [3.05, 3.63) is 23.8 Å². The molecule has 0 bridgehead atoms. The smallest absolute Gasteiger partial charge is 0.311 e. The van der Waals surface area contributed by atoms with Crippen LogP contribution in [0.25, 0.3) is 0 Å². The molecular weight excluding hydrogens is 208 g/mol. The van der Waals surface area contributed by atoms with Crippen molar-refractivity contribution in [2.24, 2.45) is 0 Å². The third-order valence-corrected chi connectivity index (χ3v) is 2.75. The zero-order valence-electron chi connectivity index (χ0n) is 9.23. The number of fused-ring (bicyclic) bond motifs is 1. The molecule has 0 amide bonds. The Labute approximate surface area is 93.5 Å². The highest BCUT2D eigenvalue weighted by atomic mass is 16.5. The minimum absolute atomic E-state index is 0.0839. The maximum absolute atomic E-state index is 11.2. The van der Waals surface area contributed by atoms with Gasteiger partial charge in [0, 0.05) is 18.1 Å². The Morgan fingerprint density at radius 2 is 2.19 bits per heavy atom. The molecule has 86 valence electrons. The van der Waals surface area contributed by atoms with Gasteiger partial charge in [0.25, 0.3) is 0 Å². The zero-order chi connectivity index (χ0) is 11.9. The number of carboxylic acids is 1. The molecule has 0 aromatic heterocycles. The Balaban J connectivity index is 2.51. The maximum atomic E-state index is 11.2. The molecule has 1 heterocycles. The molecule has 4 nitrogen and oxygen atoms in total. The topological polar surface area (TPSA) is 66.8 Å². The number of hydrogen-bond acceptors (Lipinski definition) is 3. The summed E-state index contributed by atoms with van der Waals surface area (Å²) in [6.07, 6.45) is 0.431. The standard InChI is InChI=1S/C12H14O4/c1-12(2)6-9(11(14)15)8-4-3-7(13)5-10(8)16-12/h3-5,9,13H,6H2,1-2H3,(H,14,15). The van der Waals surface area contributed by atoms with Crippen LogP contribution in [-0.2, 0) is 4.79 Å². The van der Waals surface area contributed by atoms with Crippen molar-refractivity contribution in [3.8, 4) is 11.5 Å². The van der Waals surface area contributed by atoms with Gasteiger partial charge in [-0.1, -0.05) is 6.07 Å². The first-order chi connectivity index (χ1) is 7.39. The average molecular weight is 222 g/mol. The van der Waals surface area contributed by atoms with Crippen molar-refractivity contribution >= 4 is 5.97 Å². The van der Waals surface area contributed by atoms with Gasteiger partial charge in [-0.2, -0.15) is 0 Å². The second-order valence-corrected chi connectivity index (χ2v) is 4.68. The molecule has 4 heteroatoms. The number of benzene rings is 1. The Morgan fingerprint density at radius 3 is 2.81 bits per heavy atom. The van der Waals surface area contributed by atoms with E-state index in [1.165, 1.54) is 12.1 Å². The van der Waals surface area contributed by atoms with E-state index in [4.69, 9.17) is 9.84 Å². The van der Waals surface area contributed by atoms with Gasteiger partial charge in [-0.05, 0) is 19.9 Å². The molecule has 1 aromatic rings. The molecule has 2 N–H and O–H groups in total. The molecule has 1 aliphatic rings. The van der Waals surface area contributed by atoms with Crippen LogP contribution in [0.1, 0.15) is 31.7 Å². The van der Waals surface area contributed by atoms with E-state index < -0.39 is 17.5 Å². The van der Waals surface area contributed by atoms with Gasteiger partial charge in [-0.15, -0.1) is 0 Å². The van der Waals surface area contributed by atoms with Gasteiger partial charge in [-0.3, -0.25) is 4.79 Å². The lowest BCUT2D eigenvalue weighted by Crippen LogP contribution is -2.37. The number of phenols is 1. The number of ether oxygens (including phenoxy) is 1. The minimum atomic E-state index is -0.858. The van der Waals surface area contributed by atoms with Crippen LogP contribution in [0.5, 0.6) is 11.5 Å². The lowest BCUT2D eigenvalue weighted by molar-refractivity contribution is -0.140. The second kappa shape index (κ2) is 3.40. The summed E-state index contributed by atoms with van der Waals surface area (Å²) >= 11 is 0. The Morgan fingerprint density at radius 1 is 1.50 bits per heavy atom. The average Bonchev–Trinajstić information content (AvgIpc) is 2.14. The lowest BCUT2D eigenvalue weighted by Gasteiger charge is -2.35. The summed E-state index contributed by atoms with van der Waals surface area (Å²) in [4.78, 5) is 11.2. The van der Waals surface area contributed by atoms with Crippen LogP contribution in [0, 0.1) is 0 Å². The van der Waals surface area contributed by atoms with Crippen molar-refractivity contribution in [2.75, 3.05) is 0 Å². The van der Waals surface area contributed by atoms with Gasteiger partial charge in [0.1, 0.15) is 17.1 Å². The fraction of sp³-hybridized carbons (Fsp3) is 0.417. The van der Waals surface area contributed by atoms with Crippen LogP contribution in [0.4, 0.5) is 0 Å². The number of phenolic OH excluding ortho intramolecular Hbond substituents is 1. The van der Waals surface area contributed by atoms with Crippen LogP contribution in [0.15, 0.2) is 18.2 Å². The van der Waals surface area contributed by atoms with E-state index in [1.807, 2.05) is 13.8 Å². The summed E-state index contributed by atoms with van der Waals surface area (Å²) in [7, 11) is 0. The van der Waals surface area contributed by atoms with Crippen molar-refractivity contribution in [3.63, 3.8) is 0 Å². The highest BCUT2D eigenvalue weighted by molar-refractivity contribution is 5.78. The molecule has 2 rings (SSSR count). The Kier molecular flexibility index (Phi) is 2.30. The number of carbonyl (C=O) groups is 1. The molecule has 1 aliphatic heterocycles. The van der Waals surface area contributed by atoms with Crippen LogP contribution < -0.4 is 4.74 Å². The highest BCUT2D eigenvalue weighted by Gasteiger charge is 2.37. The summed E-state index contributed by atoms with van der Waals surface area (Å²) in [5.74, 6) is -0.882. The summed E-state index contributed by atoms with van der Waals surface area (Å²) < 4.78 is 5.66. The van der Waals surface area contributed by atoms with E-state index in [1.54, 1.807) is 6.07 Å². The molecular formula is C12H14O4. The van der Waals surface area contributed by atoms with E-state index in [9.17, 15) is 9.90 Å². The molecule has 0 saturated carbocycles. The van der Waals surface area contributed by atoms with Gasteiger partial charge in [-0.25, -0.2) is 0 Å². The number of rotatable bonds is 1. The van der Waals surface area contributed by atoms with Crippen molar-refractivity contribution in [1.29, 1.82) is 0 Å². The van der Waals surface area contributed by atoms with Crippen LogP contribution in [0.2, 0.25) is 0 Å². The molecule has 0 spiro atoms. The minimum Gasteiger partial charge on any atom is -0.508 e. The molecule has 0 radical (unpaired) electrons. The van der Waals surface area contributed by atoms with Crippen LogP contribution in [0.3, 0.4) is 0 Å². The molecule has 16 heavy (non-hydrogen) atoms. The van der Waals surface area contributed by atoms with E-state index in [0.29, 0.717) is 17.7 Å². The van der Waals surface area contributed by atoms with Crippen LogP contribution in [-0.4, -0.2) is 21.8 Å². The first-order valence-corrected chi connectivity index (χ1v) is 5.14. The van der Waals surface area contributed by atoms with E-state index in [2.05, 4.69) is 0 Å². The largest absolute Gasteiger partial charge is 0.508 e. The Bertz CT molecular complexity index is 437. The predicted octanol–water partition coefficient (Wildman–Crippen LogP) is 2.12. The predicted molar refractivity (Wildman–Crippen MR) is 57.8 cm³/mol. The summed E-state index contributed by atoms with van der Waals surface area (Å²) in [6, 6.07) is 4.56. The quantitative estimate of drug-likeness (QED) is 0.763. The van der Waals surface area contributed by atoms with Crippen molar-refractivity contribution < 1.29 is 19.7 Å². The second-order valence-electron chi connectivity index (χ2n) is 4.68. The SMILES string of the molecule is CC1(C)CC(C(=O)O)c2ccc(O)cc2O1. The first-order valence-electron chi connectivity index (χ1n) is 5.14. The molecule has 1 atom stereocenters. The Hall–Kier alpha value is -1.71. The van der Waals surface area contributed by atoms with Crippen molar-refractivity contribution in [2.45, 2.75) is 31.8 Å². The van der Waals surface area contributed by atoms with Crippen LogP contribution >= 0.6 is 0 Å². The third kappa shape index (κ3) is 1.83. The van der Waals surface area contributed by atoms with Gasteiger partial charge >= 0.3 is 5.97 Å². The fourth-order valence-corrected chi connectivity index (χ4v) is 2.06. The molecule has 0 aliphatic carbocycles. The van der Waals surface area contributed by atoms with Gasteiger partial charge in [0.15, 0.2) is 0 Å². The normalized spacial score (nSPS) is 22.0. The highest BCUT2D eigenvalue weighted by Crippen LogP contribution is 2.42. The first kappa shape index (κ1) is 10.8. The monoisotopic (exact) mass is 222 g/mol. The zero-order valence-corrected chi connectivity index (χ0v) is 9.23. The van der Waals surface area contributed by atoms with Crippen molar-refractivity contribution in [1.82, 2.24) is 0 Å². The van der Waals surface area contributed by atoms with E-state index >= 15 is 0 Å². The number of hydrogen-bond donors (Lipinski definition) is 2. The summed E-state index contributed by atoms with van der Waals surface area (Å²) in [5, 5.41) is 18.5. The molecule has 1 aromatic carbocycles. The fourth-order valence-electron chi connectivity index (χ4n) is 2.06. The van der Waals surface area contributed by atoms with E-state index in [-0.39, 0.29) is 5.75 Å². The molecule has 0 saturated heterocycles. The summed E-state index contributed by atoms with van der Waals surface area (Å²) in [6.45, 7) is 3.69. The number of aromatic hydroxyl groups is 1. The number of aliphatic carboxylic acids is 1. The third-order valence-electron chi connectivity index (χ3n) is 2.75.